The van der Waals surface area contributed by atoms with Crippen LogP contribution < -0.4 is 15.5 Å². The van der Waals surface area contributed by atoms with Gasteiger partial charge in [0.15, 0.2) is 5.11 Å². The van der Waals surface area contributed by atoms with E-state index in [9.17, 15) is 0 Å². The number of hydrazone groups is 1. The number of aryl methyl sites for hydroxylation is 1. The summed E-state index contributed by atoms with van der Waals surface area (Å²) in [4.78, 5) is 0. The quantitative estimate of drug-likeness (QED) is 0.318. The molecule has 0 bridgehead atoms. The minimum absolute atomic E-state index is 0.386. The van der Waals surface area contributed by atoms with E-state index in [0.717, 1.165) is 22.6 Å². The summed E-state index contributed by atoms with van der Waals surface area (Å²) in [5, 5.41) is 8.18. The normalized spacial score (nSPS) is 10.6. The Hall–Kier alpha value is -2.89. The van der Waals surface area contributed by atoms with Crippen molar-refractivity contribution in [1.29, 1.82) is 0 Å². The molecule has 0 radical (unpaired) electrons. The minimum atomic E-state index is 0.386. The maximum absolute atomic E-state index is 5.95. The van der Waals surface area contributed by atoms with Gasteiger partial charge in [-0.1, -0.05) is 47.5 Å². The molecule has 0 amide bonds. The third-order valence-corrected chi connectivity index (χ3v) is 4.30. The van der Waals surface area contributed by atoms with Gasteiger partial charge in [0.25, 0.3) is 0 Å². The van der Waals surface area contributed by atoms with Crippen LogP contribution in [0.5, 0.6) is 5.75 Å². The number of nitrogens with zero attached hydrogens (tertiary/aromatic N) is 1. The summed E-state index contributed by atoms with van der Waals surface area (Å²) in [5.41, 5.74) is 6.89. The lowest BCUT2D eigenvalue weighted by molar-refractivity contribution is 0.306. The summed E-state index contributed by atoms with van der Waals surface area (Å²) in [7, 11) is 0. The van der Waals surface area contributed by atoms with Gasteiger partial charge in [-0.15, -0.1) is 0 Å². The second-order valence-electron chi connectivity index (χ2n) is 6.18. The van der Waals surface area contributed by atoms with Crippen LogP contribution in [0.4, 0.5) is 5.69 Å². The lowest BCUT2D eigenvalue weighted by Gasteiger charge is -2.07. The number of rotatable bonds is 6. The van der Waals surface area contributed by atoms with E-state index in [0.29, 0.717) is 16.7 Å². The van der Waals surface area contributed by atoms with Crippen LogP contribution in [-0.4, -0.2) is 11.3 Å². The Morgan fingerprint density at radius 3 is 2.54 bits per heavy atom. The first-order valence-electron chi connectivity index (χ1n) is 8.72. The monoisotopic (exact) mass is 409 g/mol. The van der Waals surface area contributed by atoms with Crippen molar-refractivity contribution in [3.8, 4) is 5.75 Å². The Kier molecular flexibility index (Phi) is 7.00. The van der Waals surface area contributed by atoms with Crippen molar-refractivity contribution in [2.75, 3.05) is 5.32 Å². The second kappa shape index (κ2) is 9.88. The highest BCUT2D eigenvalue weighted by atomic mass is 35.5. The highest BCUT2D eigenvalue weighted by Gasteiger charge is 1.98. The topological polar surface area (TPSA) is 45.6 Å². The fourth-order valence-electron chi connectivity index (χ4n) is 2.39. The number of benzene rings is 3. The van der Waals surface area contributed by atoms with Crippen LogP contribution in [0.1, 0.15) is 16.7 Å². The van der Waals surface area contributed by atoms with E-state index in [1.54, 1.807) is 18.3 Å². The van der Waals surface area contributed by atoms with E-state index in [1.807, 2.05) is 36.4 Å². The zero-order valence-corrected chi connectivity index (χ0v) is 16.9. The largest absolute Gasteiger partial charge is 0.489 e. The van der Waals surface area contributed by atoms with Crippen molar-refractivity contribution in [3.63, 3.8) is 0 Å². The van der Waals surface area contributed by atoms with Crippen molar-refractivity contribution in [2.45, 2.75) is 13.5 Å². The number of ether oxygens (including phenoxy) is 1. The van der Waals surface area contributed by atoms with Crippen molar-refractivity contribution in [1.82, 2.24) is 5.43 Å². The first-order chi connectivity index (χ1) is 13.6. The van der Waals surface area contributed by atoms with Crippen molar-refractivity contribution in [2.24, 2.45) is 5.10 Å². The summed E-state index contributed by atoms with van der Waals surface area (Å²) in [6.07, 6.45) is 1.69. The highest BCUT2D eigenvalue weighted by molar-refractivity contribution is 7.80. The Morgan fingerprint density at radius 1 is 1.07 bits per heavy atom. The molecule has 0 fully saturated rings. The smallest absolute Gasteiger partial charge is 0.191 e. The van der Waals surface area contributed by atoms with E-state index < -0.39 is 0 Å². The summed E-state index contributed by atoms with van der Waals surface area (Å²) in [6, 6.07) is 23.3. The molecule has 3 rings (SSSR count). The van der Waals surface area contributed by atoms with Crippen molar-refractivity contribution >= 4 is 40.8 Å². The maximum Gasteiger partial charge on any atom is 0.191 e. The summed E-state index contributed by atoms with van der Waals surface area (Å²) in [6.45, 7) is 2.61. The Bertz CT molecular complexity index is 956. The molecule has 28 heavy (non-hydrogen) atoms. The zero-order chi connectivity index (χ0) is 19.8. The molecule has 4 nitrogen and oxygen atoms in total. The predicted octanol–water partition coefficient (Wildman–Crippen LogP) is 5.55. The number of hydrogen-bond donors (Lipinski definition) is 2. The molecule has 0 aliphatic carbocycles. The third-order valence-electron chi connectivity index (χ3n) is 3.87. The lowest BCUT2D eigenvalue weighted by atomic mass is 10.2. The molecule has 3 aromatic carbocycles. The lowest BCUT2D eigenvalue weighted by Crippen LogP contribution is -2.23. The van der Waals surface area contributed by atoms with Gasteiger partial charge >= 0.3 is 0 Å². The number of nitrogens with one attached hydrogen (secondary N) is 2. The van der Waals surface area contributed by atoms with Crippen LogP contribution in [-0.2, 0) is 6.61 Å². The second-order valence-corrected chi connectivity index (χ2v) is 7.02. The van der Waals surface area contributed by atoms with Crippen molar-refractivity contribution < 1.29 is 4.74 Å². The van der Waals surface area contributed by atoms with Gasteiger partial charge in [0, 0.05) is 10.7 Å². The van der Waals surface area contributed by atoms with Gasteiger partial charge in [0.2, 0.25) is 0 Å². The van der Waals surface area contributed by atoms with Crippen LogP contribution in [0.25, 0.3) is 0 Å². The Balaban J connectivity index is 1.46. The molecule has 0 saturated heterocycles. The SMILES string of the molecule is Cc1ccc(COc2ccc(/C=N/NC(=S)Nc3cccc(Cl)c3)cc2)cc1. The average Bonchev–Trinajstić information content (AvgIpc) is 2.68. The van der Waals surface area contributed by atoms with Gasteiger partial charge in [-0.25, -0.2) is 0 Å². The number of thiocarbonyl (C=S) groups is 1. The molecular weight excluding hydrogens is 390 g/mol. The molecule has 0 aromatic heterocycles. The molecule has 2 N–H and O–H groups in total. The first-order valence-corrected chi connectivity index (χ1v) is 9.51. The van der Waals surface area contributed by atoms with Gasteiger partial charge in [0.1, 0.15) is 12.4 Å². The van der Waals surface area contributed by atoms with E-state index in [-0.39, 0.29) is 0 Å². The van der Waals surface area contributed by atoms with E-state index >= 15 is 0 Å². The summed E-state index contributed by atoms with van der Waals surface area (Å²) in [5.74, 6) is 0.809. The van der Waals surface area contributed by atoms with E-state index in [4.69, 9.17) is 28.6 Å². The molecule has 0 saturated carbocycles. The van der Waals surface area contributed by atoms with Crippen molar-refractivity contribution in [3.05, 3.63) is 94.5 Å². The van der Waals surface area contributed by atoms with Gasteiger partial charge in [-0.05, 0) is 72.7 Å². The van der Waals surface area contributed by atoms with Gasteiger partial charge in [0.05, 0.1) is 6.21 Å². The van der Waals surface area contributed by atoms with Crippen LogP contribution in [0.2, 0.25) is 5.02 Å². The standard InChI is InChI=1S/C22H20ClN3OS/c1-16-5-7-18(8-6-16)15-27-21-11-9-17(10-12-21)14-24-26-22(28)25-20-4-2-3-19(23)13-20/h2-14H,15H2,1H3,(H2,25,26,28)/b24-14+. The minimum Gasteiger partial charge on any atom is -0.489 e. The molecule has 142 valence electrons. The van der Waals surface area contributed by atoms with Crippen LogP contribution in [0.3, 0.4) is 0 Å². The average molecular weight is 410 g/mol. The van der Waals surface area contributed by atoms with Crippen LogP contribution in [0, 0.1) is 6.92 Å². The predicted molar refractivity (Wildman–Crippen MR) is 120 cm³/mol. The molecule has 6 heteroatoms. The van der Waals surface area contributed by atoms with Gasteiger partial charge in [-0.2, -0.15) is 5.10 Å². The fraction of sp³-hybridized carbons (Fsp3) is 0.0909. The fourth-order valence-corrected chi connectivity index (χ4v) is 2.75. The van der Waals surface area contributed by atoms with E-state index in [1.165, 1.54) is 5.56 Å². The molecule has 0 aliphatic heterocycles. The third kappa shape index (κ3) is 6.37. The molecule has 0 spiro atoms. The summed E-state index contributed by atoms with van der Waals surface area (Å²) < 4.78 is 5.80. The number of halogens is 1. The van der Waals surface area contributed by atoms with E-state index in [2.05, 4.69) is 47.0 Å². The molecule has 0 atom stereocenters. The Labute approximate surface area is 175 Å². The number of anilines is 1. The van der Waals surface area contributed by atoms with Crippen LogP contribution in [0.15, 0.2) is 77.9 Å². The molecule has 0 unspecified atom stereocenters. The van der Waals surface area contributed by atoms with Crippen LogP contribution >= 0.6 is 23.8 Å². The highest BCUT2D eigenvalue weighted by Crippen LogP contribution is 2.15. The maximum atomic E-state index is 5.95. The zero-order valence-electron chi connectivity index (χ0n) is 15.4. The molecular formula is C22H20ClN3OS. The molecule has 3 aromatic rings. The summed E-state index contributed by atoms with van der Waals surface area (Å²) >= 11 is 11.2. The van der Waals surface area contributed by atoms with Gasteiger partial charge < -0.3 is 10.1 Å². The molecule has 0 aliphatic rings. The number of hydrogen-bond acceptors (Lipinski definition) is 3. The molecule has 0 heterocycles. The Morgan fingerprint density at radius 2 is 1.82 bits per heavy atom. The first kappa shape index (κ1) is 19.9. The van der Waals surface area contributed by atoms with Gasteiger partial charge in [-0.3, -0.25) is 5.43 Å².